The molecule has 0 bridgehead atoms. The van der Waals surface area contributed by atoms with Gasteiger partial charge in [0.2, 0.25) is 5.91 Å². The minimum absolute atomic E-state index is 0.115. The molecule has 0 radical (unpaired) electrons. The van der Waals surface area contributed by atoms with E-state index in [0.29, 0.717) is 25.1 Å². The molecule has 1 aromatic carbocycles. The number of nitrogens with two attached hydrogens (primary N) is 1. The van der Waals surface area contributed by atoms with E-state index in [1.165, 1.54) is 0 Å². The van der Waals surface area contributed by atoms with E-state index in [1.807, 2.05) is 12.1 Å². The average molecular weight is 232 g/mol. The molecule has 0 aromatic heterocycles. The van der Waals surface area contributed by atoms with E-state index in [1.54, 1.807) is 6.07 Å². The number of rotatable bonds is 3. The highest BCUT2D eigenvalue weighted by Gasteiger charge is 2.17. The van der Waals surface area contributed by atoms with Crippen LogP contribution in [0.2, 0.25) is 0 Å². The van der Waals surface area contributed by atoms with Gasteiger partial charge in [-0.2, -0.15) is 0 Å². The summed E-state index contributed by atoms with van der Waals surface area (Å²) in [5, 5.41) is 2.74. The van der Waals surface area contributed by atoms with Gasteiger partial charge in [-0.25, -0.2) is 0 Å². The number of hydrogen-bond donors (Lipinski definition) is 2. The Kier molecular flexibility index (Phi) is 3.54. The second kappa shape index (κ2) is 5.10. The number of amides is 1. The third-order valence-electron chi connectivity index (χ3n) is 2.92. The highest BCUT2D eigenvalue weighted by molar-refractivity contribution is 6.00. The highest BCUT2D eigenvalue weighted by Crippen LogP contribution is 2.24. The summed E-state index contributed by atoms with van der Waals surface area (Å²) >= 11 is 0. The van der Waals surface area contributed by atoms with Gasteiger partial charge in [-0.3, -0.25) is 9.59 Å². The molecule has 0 spiro atoms. The largest absolute Gasteiger partial charge is 0.330 e. The maximum absolute atomic E-state index is 11.7. The first-order valence-electron chi connectivity index (χ1n) is 5.87. The lowest BCUT2D eigenvalue weighted by atomic mass is 9.90. The van der Waals surface area contributed by atoms with Crippen LogP contribution in [0, 0.1) is 0 Å². The summed E-state index contributed by atoms with van der Waals surface area (Å²) in [5.41, 5.74) is 7.81. The molecule has 0 saturated heterocycles. The summed E-state index contributed by atoms with van der Waals surface area (Å²) in [6.45, 7) is 0.329. The number of fused-ring (bicyclic) bond motifs is 1. The van der Waals surface area contributed by atoms with E-state index in [0.717, 1.165) is 24.0 Å². The van der Waals surface area contributed by atoms with Crippen molar-refractivity contribution in [3.8, 4) is 0 Å². The third kappa shape index (κ3) is 2.71. The molecule has 4 heteroatoms. The first kappa shape index (κ1) is 11.8. The van der Waals surface area contributed by atoms with Crippen molar-refractivity contribution in [3.05, 3.63) is 29.3 Å². The number of Topliss-reactive ketones (excluding diaryl/α,β-unsaturated/α-hetero) is 1. The van der Waals surface area contributed by atoms with Gasteiger partial charge in [0, 0.05) is 30.6 Å². The Bertz CT molecular complexity index is 455. The monoisotopic (exact) mass is 232 g/mol. The van der Waals surface area contributed by atoms with Gasteiger partial charge in [0.1, 0.15) is 0 Å². The molecule has 17 heavy (non-hydrogen) atoms. The van der Waals surface area contributed by atoms with Gasteiger partial charge in [-0.1, -0.05) is 6.07 Å². The molecule has 1 aromatic rings. The zero-order valence-corrected chi connectivity index (χ0v) is 9.66. The van der Waals surface area contributed by atoms with E-state index >= 15 is 0 Å². The van der Waals surface area contributed by atoms with Gasteiger partial charge in [-0.05, 0) is 30.5 Å². The van der Waals surface area contributed by atoms with E-state index in [2.05, 4.69) is 5.32 Å². The van der Waals surface area contributed by atoms with Crippen LogP contribution in [0.5, 0.6) is 0 Å². The molecule has 4 nitrogen and oxygen atoms in total. The number of nitrogens with one attached hydrogen (secondary N) is 1. The van der Waals surface area contributed by atoms with Crippen molar-refractivity contribution in [1.29, 1.82) is 0 Å². The van der Waals surface area contributed by atoms with Crippen LogP contribution in [0.3, 0.4) is 0 Å². The van der Waals surface area contributed by atoms with Crippen LogP contribution in [-0.4, -0.2) is 18.2 Å². The number of aryl methyl sites for hydroxylation is 1. The lowest BCUT2D eigenvalue weighted by Crippen LogP contribution is -2.17. The van der Waals surface area contributed by atoms with Crippen molar-refractivity contribution in [1.82, 2.24) is 0 Å². The molecule has 0 unspecified atom stereocenters. The van der Waals surface area contributed by atoms with Gasteiger partial charge in [0.15, 0.2) is 5.78 Å². The molecule has 0 atom stereocenters. The standard InChI is InChI=1S/C13H16N2O2/c14-7-6-13(17)15-10-5-4-9-2-1-3-12(16)11(9)8-10/h4-5,8H,1-3,6-7,14H2,(H,15,17). The predicted octanol–water partition coefficient (Wildman–Crippen LogP) is 1.49. The summed E-state index contributed by atoms with van der Waals surface area (Å²) in [7, 11) is 0. The van der Waals surface area contributed by atoms with Crippen LogP contribution >= 0.6 is 0 Å². The summed E-state index contributed by atoms with van der Waals surface area (Å²) in [6.07, 6.45) is 2.76. The van der Waals surface area contributed by atoms with E-state index in [-0.39, 0.29) is 11.7 Å². The van der Waals surface area contributed by atoms with Gasteiger partial charge in [0.05, 0.1) is 0 Å². The SMILES string of the molecule is NCCC(=O)Nc1ccc2c(c1)C(=O)CCC2. The maximum atomic E-state index is 11.7. The Labute approximate surface area is 100 Å². The number of carbonyl (C=O) groups excluding carboxylic acids is 2. The van der Waals surface area contributed by atoms with E-state index < -0.39 is 0 Å². The van der Waals surface area contributed by atoms with Crippen molar-refractivity contribution < 1.29 is 9.59 Å². The fourth-order valence-corrected chi connectivity index (χ4v) is 2.06. The quantitative estimate of drug-likeness (QED) is 0.829. The Morgan fingerprint density at radius 2 is 2.18 bits per heavy atom. The van der Waals surface area contributed by atoms with Crippen molar-refractivity contribution in [2.24, 2.45) is 5.73 Å². The minimum atomic E-state index is -0.115. The van der Waals surface area contributed by atoms with Crippen LogP contribution < -0.4 is 11.1 Å². The number of hydrogen-bond acceptors (Lipinski definition) is 3. The van der Waals surface area contributed by atoms with Crippen molar-refractivity contribution in [2.75, 3.05) is 11.9 Å². The van der Waals surface area contributed by atoms with E-state index in [9.17, 15) is 9.59 Å². The molecule has 90 valence electrons. The molecule has 0 saturated carbocycles. The second-order valence-electron chi connectivity index (χ2n) is 4.24. The fraction of sp³-hybridized carbons (Fsp3) is 0.385. The molecule has 1 aliphatic rings. The van der Waals surface area contributed by atoms with Crippen molar-refractivity contribution in [2.45, 2.75) is 25.7 Å². The zero-order chi connectivity index (χ0) is 12.3. The number of benzene rings is 1. The first-order chi connectivity index (χ1) is 8.20. The van der Waals surface area contributed by atoms with Crippen molar-refractivity contribution >= 4 is 17.4 Å². The zero-order valence-electron chi connectivity index (χ0n) is 9.66. The molecule has 0 heterocycles. The summed E-state index contributed by atoms with van der Waals surface area (Å²) in [5.74, 6) is 0.0527. The molecule has 3 N–H and O–H groups in total. The average Bonchev–Trinajstić information content (AvgIpc) is 2.30. The maximum Gasteiger partial charge on any atom is 0.225 e. The van der Waals surface area contributed by atoms with Gasteiger partial charge < -0.3 is 11.1 Å². The first-order valence-corrected chi connectivity index (χ1v) is 5.87. The van der Waals surface area contributed by atoms with Crippen LogP contribution in [-0.2, 0) is 11.2 Å². The topological polar surface area (TPSA) is 72.2 Å². The molecule has 1 aliphatic carbocycles. The fourth-order valence-electron chi connectivity index (χ4n) is 2.06. The lowest BCUT2D eigenvalue weighted by molar-refractivity contribution is -0.116. The normalized spacial score (nSPS) is 14.3. The highest BCUT2D eigenvalue weighted by atomic mass is 16.1. The van der Waals surface area contributed by atoms with Crippen LogP contribution in [0.4, 0.5) is 5.69 Å². The van der Waals surface area contributed by atoms with Crippen LogP contribution in [0.1, 0.15) is 35.2 Å². The van der Waals surface area contributed by atoms with Gasteiger partial charge in [0.25, 0.3) is 0 Å². The Balaban J connectivity index is 2.18. The smallest absolute Gasteiger partial charge is 0.225 e. The third-order valence-corrected chi connectivity index (χ3v) is 2.92. The van der Waals surface area contributed by atoms with Crippen LogP contribution in [0.15, 0.2) is 18.2 Å². The Hall–Kier alpha value is -1.68. The number of ketones is 1. The predicted molar refractivity (Wildman–Crippen MR) is 66.0 cm³/mol. The Morgan fingerprint density at radius 1 is 1.35 bits per heavy atom. The number of anilines is 1. The van der Waals surface area contributed by atoms with Gasteiger partial charge >= 0.3 is 0 Å². The number of carbonyl (C=O) groups is 2. The molecular formula is C13H16N2O2. The molecule has 0 aliphatic heterocycles. The molecule has 0 fully saturated rings. The van der Waals surface area contributed by atoms with Crippen molar-refractivity contribution in [3.63, 3.8) is 0 Å². The molecule has 1 amide bonds. The van der Waals surface area contributed by atoms with Crippen LogP contribution in [0.25, 0.3) is 0 Å². The minimum Gasteiger partial charge on any atom is -0.330 e. The molecular weight excluding hydrogens is 216 g/mol. The summed E-state index contributed by atoms with van der Waals surface area (Å²) in [6, 6.07) is 5.53. The molecule has 2 rings (SSSR count). The Morgan fingerprint density at radius 3 is 2.94 bits per heavy atom. The van der Waals surface area contributed by atoms with Gasteiger partial charge in [-0.15, -0.1) is 0 Å². The summed E-state index contributed by atoms with van der Waals surface area (Å²) in [4.78, 5) is 23.1. The summed E-state index contributed by atoms with van der Waals surface area (Å²) < 4.78 is 0. The lowest BCUT2D eigenvalue weighted by Gasteiger charge is -2.15. The van der Waals surface area contributed by atoms with E-state index in [4.69, 9.17) is 5.73 Å². The second-order valence-corrected chi connectivity index (χ2v) is 4.24.